The molecule has 6 N–H and O–H groups in total. The van der Waals surface area contributed by atoms with Crippen LogP contribution in [0.4, 0.5) is 0 Å². The summed E-state index contributed by atoms with van der Waals surface area (Å²) >= 11 is 0. The lowest BCUT2D eigenvalue weighted by molar-refractivity contribution is -0.117. The molecule has 1 aromatic rings. The molecule has 0 fully saturated rings. The zero-order valence-corrected chi connectivity index (χ0v) is 8.26. The van der Waals surface area contributed by atoms with E-state index in [1.54, 1.807) is 0 Å². The first-order chi connectivity index (χ1) is 7.11. The molecule has 0 saturated carbocycles. The highest BCUT2D eigenvalue weighted by molar-refractivity contribution is 6.05. The van der Waals surface area contributed by atoms with Gasteiger partial charge in [0.05, 0.1) is 6.54 Å². The fourth-order valence-corrected chi connectivity index (χ4v) is 1.01. The number of primary amides is 1. The second-order valence-corrected chi connectivity index (χ2v) is 3.11. The number of hydrogen-bond donors (Lipinski definition) is 3. The molecule has 1 aromatic carbocycles. The average molecular weight is 206 g/mol. The number of amidine groups is 1. The number of hydrogen-bond acceptors (Lipinski definition) is 3. The number of benzene rings is 1. The Bertz CT molecular complexity index is 361. The van der Waals surface area contributed by atoms with E-state index in [2.05, 4.69) is 4.99 Å². The van der Waals surface area contributed by atoms with Crippen LogP contribution in [0.3, 0.4) is 0 Å². The maximum absolute atomic E-state index is 10.7. The van der Waals surface area contributed by atoms with Gasteiger partial charge in [-0.3, -0.25) is 9.79 Å². The van der Waals surface area contributed by atoms with Crippen LogP contribution in [0.25, 0.3) is 0 Å². The van der Waals surface area contributed by atoms with Crippen molar-refractivity contribution in [3.63, 3.8) is 0 Å². The van der Waals surface area contributed by atoms with Crippen LogP contribution in [-0.4, -0.2) is 17.8 Å². The van der Waals surface area contributed by atoms with E-state index in [1.165, 1.54) is 0 Å². The number of rotatable bonds is 4. The molecule has 0 aromatic heterocycles. The van der Waals surface area contributed by atoms with Crippen LogP contribution in [0, 0.1) is 0 Å². The minimum Gasteiger partial charge on any atom is -0.386 e. The third-order valence-electron chi connectivity index (χ3n) is 1.91. The molecule has 0 spiro atoms. The summed E-state index contributed by atoms with van der Waals surface area (Å²) in [5.41, 5.74) is 16.9. The number of nitrogens with zero attached hydrogens (tertiary/aromatic N) is 1. The van der Waals surface area contributed by atoms with Gasteiger partial charge < -0.3 is 17.2 Å². The molecule has 1 atom stereocenters. The lowest BCUT2D eigenvalue weighted by Gasteiger charge is -2.06. The lowest BCUT2D eigenvalue weighted by atomic mass is 10.2. The second-order valence-electron chi connectivity index (χ2n) is 3.11. The topological polar surface area (TPSA) is 107 Å². The van der Waals surface area contributed by atoms with E-state index in [9.17, 15) is 4.79 Å². The highest BCUT2D eigenvalue weighted by Crippen LogP contribution is 2.00. The minimum atomic E-state index is -1.01. The number of aliphatic imine (C=N–C) groups is 1. The van der Waals surface area contributed by atoms with Gasteiger partial charge in [-0.25, -0.2) is 0 Å². The highest BCUT2D eigenvalue weighted by atomic mass is 16.1. The maximum Gasteiger partial charge on any atom is 0.242 e. The molecule has 5 nitrogen and oxygen atoms in total. The molecular formula is C10H14N4O. The molecule has 1 rings (SSSR count). The zero-order chi connectivity index (χ0) is 11.3. The van der Waals surface area contributed by atoms with E-state index < -0.39 is 11.9 Å². The molecule has 0 unspecified atom stereocenters. The van der Waals surface area contributed by atoms with Gasteiger partial charge in [0.15, 0.2) is 0 Å². The van der Waals surface area contributed by atoms with Crippen molar-refractivity contribution >= 4 is 11.7 Å². The Morgan fingerprint density at radius 1 is 1.27 bits per heavy atom. The van der Waals surface area contributed by atoms with Gasteiger partial charge in [-0.05, 0) is 5.56 Å². The fraction of sp³-hybridized carbons (Fsp3) is 0.200. The van der Waals surface area contributed by atoms with Crippen LogP contribution in [0.2, 0.25) is 0 Å². The van der Waals surface area contributed by atoms with Crippen LogP contribution in [0.1, 0.15) is 5.56 Å². The van der Waals surface area contributed by atoms with Crippen molar-refractivity contribution in [2.45, 2.75) is 12.6 Å². The summed E-state index contributed by atoms with van der Waals surface area (Å²) in [5, 5.41) is 0. The Morgan fingerprint density at radius 2 is 1.87 bits per heavy atom. The summed E-state index contributed by atoms with van der Waals surface area (Å²) < 4.78 is 0. The van der Waals surface area contributed by atoms with E-state index in [0.717, 1.165) is 5.56 Å². The largest absolute Gasteiger partial charge is 0.386 e. The lowest BCUT2D eigenvalue weighted by Crippen LogP contribution is -2.47. The van der Waals surface area contributed by atoms with Crippen molar-refractivity contribution in [3.05, 3.63) is 35.9 Å². The number of carbonyl (C=O) groups excluding carboxylic acids is 1. The third kappa shape index (κ3) is 3.40. The third-order valence-corrected chi connectivity index (χ3v) is 1.91. The van der Waals surface area contributed by atoms with Gasteiger partial charge in [-0.1, -0.05) is 30.3 Å². The smallest absolute Gasteiger partial charge is 0.242 e. The standard InChI is InChI=1S/C10H14N4O/c11-8(10(13)15)9(12)14-6-7-4-2-1-3-5-7/h1-5,8H,6,11H2,(H2,12,14)(H2,13,15)/t8-/m1/s1. The van der Waals surface area contributed by atoms with Crippen molar-refractivity contribution < 1.29 is 4.79 Å². The van der Waals surface area contributed by atoms with Gasteiger partial charge in [0.25, 0.3) is 0 Å². The number of nitrogens with two attached hydrogens (primary N) is 3. The van der Waals surface area contributed by atoms with Crippen molar-refractivity contribution in [3.8, 4) is 0 Å². The predicted molar refractivity (Wildman–Crippen MR) is 58.9 cm³/mol. The van der Waals surface area contributed by atoms with Crippen LogP contribution in [-0.2, 0) is 11.3 Å². The predicted octanol–water partition coefficient (Wildman–Crippen LogP) is -0.644. The fourth-order valence-electron chi connectivity index (χ4n) is 1.01. The Labute approximate surface area is 88.0 Å². The molecule has 5 heteroatoms. The molecule has 0 bridgehead atoms. The second kappa shape index (κ2) is 5.11. The number of carbonyl (C=O) groups is 1. The van der Waals surface area contributed by atoms with E-state index in [0.29, 0.717) is 6.54 Å². The highest BCUT2D eigenvalue weighted by Gasteiger charge is 2.12. The van der Waals surface area contributed by atoms with Gasteiger partial charge in [-0.15, -0.1) is 0 Å². The van der Waals surface area contributed by atoms with E-state index >= 15 is 0 Å². The Balaban J connectivity index is 2.62. The molecule has 0 saturated heterocycles. The number of amides is 1. The molecule has 80 valence electrons. The molecule has 15 heavy (non-hydrogen) atoms. The van der Waals surface area contributed by atoms with Gasteiger partial charge >= 0.3 is 0 Å². The van der Waals surface area contributed by atoms with Crippen LogP contribution in [0.5, 0.6) is 0 Å². The molecule has 1 amide bonds. The van der Waals surface area contributed by atoms with Gasteiger partial charge in [0.1, 0.15) is 11.9 Å². The van der Waals surface area contributed by atoms with Crippen LogP contribution >= 0.6 is 0 Å². The van der Waals surface area contributed by atoms with E-state index in [1.807, 2.05) is 30.3 Å². The Hall–Kier alpha value is -1.88. The molecular weight excluding hydrogens is 192 g/mol. The first-order valence-corrected chi connectivity index (χ1v) is 4.50. The maximum atomic E-state index is 10.7. The normalized spacial score (nSPS) is 13.5. The Kier molecular flexibility index (Phi) is 3.82. The monoisotopic (exact) mass is 206 g/mol. The summed E-state index contributed by atoms with van der Waals surface area (Å²) in [6.07, 6.45) is 0. The zero-order valence-electron chi connectivity index (χ0n) is 8.26. The summed E-state index contributed by atoms with van der Waals surface area (Å²) in [6.45, 7) is 0.396. The first kappa shape index (κ1) is 11.2. The molecule has 0 aliphatic carbocycles. The van der Waals surface area contributed by atoms with Gasteiger partial charge in [-0.2, -0.15) is 0 Å². The van der Waals surface area contributed by atoms with Gasteiger partial charge in [0.2, 0.25) is 5.91 Å². The van der Waals surface area contributed by atoms with Crippen LogP contribution < -0.4 is 17.2 Å². The summed E-state index contributed by atoms with van der Waals surface area (Å²) in [7, 11) is 0. The van der Waals surface area contributed by atoms with Crippen molar-refractivity contribution in [2.24, 2.45) is 22.2 Å². The van der Waals surface area contributed by atoms with E-state index in [-0.39, 0.29) is 5.84 Å². The Morgan fingerprint density at radius 3 is 2.40 bits per heavy atom. The summed E-state index contributed by atoms with van der Waals surface area (Å²) in [4.78, 5) is 14.7. The summed E-state index contributed by atoms with van der Waals surface area (Å²) in [5.74, 6) is -0.615. The first-order valence-electron chi connectivity index (χ1n) is 4.50. The molecule has 0 aliphatic rings. The van der Waals surface area contributed by atoms with Gasteiger partial charge in [0, 0.05) is 0 Å². The quantitative estimate of drug-likeness (QED) is 0.450. The van der Waals surface area contributed by atoms with Crippen molar-refractivity contribution in [2.75, 3.05) is 0 Å². The summed E-state index contributed by atoms with van der Waals surface area (Å²) in [6, 6.07) is 8.52. The van der Waals surface area contributed by atoms with Crippen LogP contribution in [0.15, 0.2) is 35.3 Å². The average Bonchev–Trinajstić information content (AvgIpc) is 2.26. The molecule has 0 radical (unpaired) electrons. The van der Waals surface area contributed by atoms with Crippen molar-refractivity contribution in [1.82, 2.24) is 0 Å². The van der Waals surface area contributed by atoms with E-state index in [4.69, 9.17) is 17.2 Å². The SMILES string of the molecule is NC(=O)[C@H](N)C(N)=NCc1ccccc1. The molecule has 0 aliphatic heterocycles. The minimum absolute atomic E-state index is 0.0614. The van der Waals surface area contributed by atoms with Crippen molar-refractivity contribution in [1.29, 1.82) is 0 Å². The molecule has 0 heterocycles.